The summed E-state index contributed by atoms with van der Waals surface area (Å²) in [5, 5.41) is 21.0. The third-order valence-electron chi connectivity index (χ3n) is 3.37. The molecule has 7 nitrogen and oxygen atoms in total. The monoisotopic (exact) mass is 333 g/mol. The van der Waals surface area contributed by atoms with Crippen LogP contribution in [0.5, 0.6) is 11.5 Å². The molecule has 0 saturated carbocycles. The largest absolute Gasteiger partial charge is 0.493 e. The molecule has 0 unspecified atom stereocenters. The maximum absolute atomic E-state index is 8.60. The average Bonchev–Trinajstić information content (AvgIpc) is 3.14. The summed E-state index contributed by atoms with van der Waals surface area (Å²) in [6.45, 7) is -0.0368. The third kappa shape index (κ3) is 3.82. The standard InChI is InChI=1S/C18H15N5O2/c1-24-17-11-14(7-8-16(17)25-10-9-19)12-21-23-13-20-22-18(23)15-5-3-2-4-6-15/h2-8,11-13H,10H2,1H3/b21-12-. The van der Waals surface area contributed by atoms with Gasteiger partial charge < -0.3 is 9.47 Å². The molecular formula is C18H15N5O2. The lowest BCUT2D eigenvalue weighted by Crippen LogP contribution is -1.98. The Kier molecular flexibility index (Phi) is 5.02. The lowest BCUT2D eigenvalue weighted by atomic mass is 10.2. The number of benzene rings is 2. The first-order valence-corrected chi connectivity index (χ1v) is 7.49. The number of aromatic nitrogens is 3. The van der Waals surface area contributed by atoms with Gasteiger partial charge in [-0.15, -0.1) is 10.2 Å². The van der Waals surface area contributed by atoms with Crippen LogP contribution in [0.25, 0.3) is 11.4 Å². The Balaban J connectivity index is 1.84. The van der Waals surface area contributed by atoms with Crippen molar-refractivity contribution in [2.24, 2.45) is 5.10 Å². The molecular weight excluding hydrogens is 318 g/mol. The van der Waals surface area contributed by atoms with Crippen LogP contribution in [-0.2, 0) is 0 Å². The molecule has 0 aliphatic heterocycles. The summed E-state index contributed by atoms with van der Waals surface area (Å²) >= 11 is 0. The molecule has 1 heterocycles. The van der Waals surface area contributed by atoms with Gasteiger partial charge in [0.2, 0.25) is 0 Å². The van der Waals surface area contributed by atoms with E-state index in [9.17, 15) is 0 Å². The first kappa shape index (κ1) is 16.2. The van der Waals surface area contributed by atoms with Crippen molar-refractivity contribution < 1.29 is 9.47 Å². The van der Waals surface area contributed by atoms with E-state index in [1.807, 2.05) is 42.5 Å². The van der Waals surface area contributed by atoms with E-state index in [-0.39, 0.29) is 6.61 Å². The second kappa shape index (κ2) is 7.75. The zero-order valence-electron chi connectivity index (χ0n) is 13.5. The van der Waals surface area contributed by atoms with Crippen molar-refractivity contribution in [3.8, 4) is 29.0 Å². The van der Waals surface area contributed by atoms with Crippen LogP contribution in [0, 0.1) is 11.3 Å². The van der Waals surface area contributed by atoms with E-state index in [4.69, 9.17) is 14.7 Å². The average molecular weight is 333 g/mol. The van der Waals surface area contributed by atoms with Crippen LogP contribution in [0.1, 0.15) is 5.56 Å². The molecule has 0 aliphatic carbocycles. The Hall–Kier alpha value is -3.66. The van der Waals surface area contributed by atoms with Gasteiger partial charge in [0.1, 0.15) is 12.4 Å². The highest BCUT2D eigenvalue weighted by Gasteiger charge is 2.07. The minimum atomic E-state index is -0.0368. The number of methoxy groups -OCH3 is 1. The summed E-state index contributed by atoms with van der Waals surface area (Å²) in [5.41, 5.74) is 1.74. The molecule has 0 atom stereocenters. The molecule has 7 heteroatoms. The van der Waals surface area contributed by atoms with Gasteiger partial charge in [-0.05, 0) is 23.8 Å². The molecule has 0 spiro atoms. The van der Waals surface area contributed by atoms with E-state index >= 15 is 0 Å². The molecule has 0 aliphatic rings. The Labute approximate surface area is 144 Å². The number of nitriles is 1. The minimum Gasteiger partial charge on any atom is -0.493 e. The SMILES string of the molecule is COc1cc(/C=N\n2cnnc2-c2ccccc2)ccc1OCC#N. The van der Waals surface area contributed by atoms with E-state index in [1.165, 1.54) is 0 Å². The van der Waals surface area contributed by atoms with Crippen LogP contribution in [0.3, 0.4) is 0 Å². The van der Waals surface area contributed by atoms with E-state index in [1.54, 1.807) is 36.5 Å². The number of hydrogen-bond acceptors (Lipinski definition) is 6. The highest BCUT2D eigenvalue weighted by Crippen LogP contribution is 2.27. The van der Waals surface area contributed by atoms with Crippen molar-refractivity contribution in [3.63, 3.8) is 0 Å². The van der Waals surface area contributed by atoms with E-state index in [0.29, 0.717) is 17.3 Å². The molecule has 25 heavy (non-hydrogen) atoms. The summed E-state index contributed by atoms with van der Waals surface area (Å²) in [4.78, 5) is 0. The molecule has 3 rings (SSSR count). The molecule has 124 valence electrons. The van der Waals surface area contributed by atoms with Gasteiger partial charge in [-0.3, -0.25) is 0 Å². The maximum atomic E-state index is 8.60. The van der Waals surface area contributed by atoms with Crippen LogP contribution < -0.4 is 9.47 Å². The minimum absolute atomic E-state index is 0.0368. The van der Waals surface area contributed by atoms with Gasteiger partial charge in [0.15, 0.2) is 23.9 Å². The van der Waals surface area contributed by atoms with Crippen molar-refractivity contribution in [1.82, 2.24) is 14.9 Å². The summed E-state index contributed by atoms with van der Waals surface area (Å²) in [6, 6.07) is 17.0. The molecule has 0 amide bonds. The molecule has 0 radical (unpaired) electrons. The van der Waals surface area contributed by atoms with Crippen LogP contribution >= 0.6 is 0 Å². The van der Waals surface area contributed by atoms with Crippen LogP contribution in [-0.4, -0.2) is 34.8 Å². The van der Waals surface area contributed by atoms with Crippen molar-refractivity contribution in [1.29, 1.82) is 5.26 Å². The van der Waals surface area contributed by atoms with E-state index in [0.717, 1.165) is 11.1 Å². The van der Waals surface area contributed by atoms with Crippen molar-refractivity contribution >= 4 is 6.21 Å². The Morgan fingerprint density at radius 1 is 1.20 bits per heavy atom. The van der Waals surface area contributed by atoms with Crippen LogP contribution in [0.15, 0.2) is 60.0 Å². The Bertz CT molecular complexity index is 913. The number of rotatable bonds is 6. The highest BCUT2D eigenvalue weighted by atomic mass is 16.5. The van der Waals surface area contributed by atoms with Crippen LogP contribution in [0.4, 0.5) is 0 Å². The van der Waals surface area contributed by atoms with Crippen molar-refractivity contribution in [2.75, 3.05) is 13.7 Å². The third-order valence-corrected chi connectivity index (χ3v) is 3.37. The fourth-order valence-electron chi connectivity index (χ4n) is 2.21. The summed E-state index contributed by atoms with van der Waals surface area (Å²) in [7, 11) is 1.54. The summed E-state index contributed by atoms with van der Waals surface area (Å²) in [6.07, 6.45) is 3.22. The predicted molar refractivity (Wildman–Crippen MR) is 92.6 cm³/mol. The second-order valence-corrected chi connectivity index (χ2v) is 4.97. The number of hydrogen-bond donors (Lipinski definition) is 0. The van der Waals surface area contributed by atoms with Gasteiger partial charge in [-0.1, -0.05) is 30.3 Å². The van der Waals surface area contributed by atoms with Gasteiger partial charge in [0.05, 0.1) is 13.3 Å². The maximum Gasteiger partial charge on any atom is 0.184 e. The first-order chi connectivity index (χ1) is 12.3. The second-order valence-electron chi connectivity index (χ2n) is 4.97. The fraction of sp³-hybridized carbons (Fsp3) is 0.111. The lowest BCUT2D eigenvalue weighted by Gasteiger charge is -2.08. The quantitative estimate of drug-likeness (QED) is 0.648. The predicted octanol–water partition coefficient (Wildman–Crippen LogP) is 2.74. The zero-order valence-corrected chi connectivity index (χ0v) is 13.5. The lowest BCUT2D eigenvalue weighted by molar-refractivity contribution is 0.329. The van der Waals surface area contributed by atoms with Gasteiger partial charge in [-0.25, -0.2) is 0 Å². The van der Waals surface area contributed by atoms with Crippen molar-refractivity contribution in [3.05, 3.63) is 60.4 Å². The Morgan fingerprint density at radius 2 is 2.04 bits per heavy atom. The fourth-order valence-corrected chi connectivity index (χ4v) is 2.21. The topological polar surface area (TPSA) is 85.3 Å². The summed E-state index contributed by atoms with van der Waals surface area (Å²) in [5.74, 6) is 1.69. The molecule has 3 aromatic rings. The molecule has 0 saturated heterocycles. The Morgan fingerprint density at radius 3 is 2.80 bits per heavy atom. The van der Waals surface area contributed by atoms with Gasteiger partial charge >= 0.3 is 0 Å². The zero-order chi connectivity index (χ0) is 17.5. The van der Waals surface area contributed by atoms with E-state index < -0.39 is 0 Å². The summed E-state index contributed by atoms with van der Waals surface area (Å²) < 4.78 is 12.2. The van der Waals surface area contributed by atoms with E-state index in [2.05, 4.69) is 15.3 Å². The van der Waals surface area contributed by atoms with Gasteiger partial charge in [-0.2, -0.15) is 15.0 Å². The van der Waals surface area contributed by atoms with Crippen LogP contribution in [0.2, 0.25) is 0 Å². The van der Waals surface area contributed by atoms with Crippen molar-refractivity contribution in [2.45, 2.75) is 0 Å². The molecule has 2 aromatic carbocycles. The van der Waals surface area contributed by atoms with Gasteiger partial charge in [0.25, 0.3) is 0 Å². The number of ether oxygens (including phenoxy) is 2. The first-order valence-electron chi connectivity index (χ1n) is 7.49. The molecule has 1 aromatic heterocycles. The highest BCUT2D eigenvalue weighted by molar-refractivity contribution is 5.81. The normalized spacial score (nSPS) is 10.6. The number of nitrogens with zero attached hydrogens (tertiary/aromatic N) is 5. The smallest absolute Gasteiger partial charge is 0.184 e. The van der Waals surface area contributed by atoms with Gasteiger partial charge in [0, 0.05) is 5.56 Å². The molecule has 0 N–H and O–H groups in total. The molecule has 0 fully saturated rings. The molecule has 0 bridgehead atoms.